The number of aliphatic carboxylic acids is 2. The van der Waals surface area contributed by atoms with Crippen molar-refractivity contribution in [3.8, 4) is 0 Å². The molecule has 1 fully saturated rings. The minimum absolute atomic E-state index is 0.0305. The van der Waals surface area contributed by atoms with E-state index in [2.05, 4.69) is 0 Å². The average molecular weight is 355 g/mol. The third-order valence-corrected chi connectivity index (χ3v) is 4.29. The monoisotopic (exact) mass is 355 g/mol. The van der Waals surface area contributed by atoms with Gasteiger partial charge in [0.1, 0.15) is 16.2 Å². The van der Waals surface area contributed by atoms with Gasteiger partial charge < -0.3 is 10.2 Å². The lowest BCUT2D eigenvalue weighted by molar-refractivity contribution is -0.150. The number of thioether (sulfide) groups is 1. The lowest BCUT2D eigenvalue weighted by Gasteiger charge is -2.21. The van der Waals surface area contributed by atoms with Gasteiger partial charge >= 0.3 is 11.9 Å². The Labute approximate surface area is 139 Å². The predicted molar refractivity (Wildman–Crippen MR) is 85.1 cm³/mol. The van der Waals surface area contributed by atoms with Crippen LogP contribution in [0.2, 0.25) is 0 Å². The summed E-state index contributed by atoms with van der Waals surface area (Å²) < 4.78 is 12.8. The number of nitrogens with zero attached hydrogens (tertiary/aromatic N) is 1. The first-order valence-electron chi connectivity index (χ1n) is 6.27. The fraction of sp³-hybridized carbons (Fsp3) is 0.143. The number of carboxylic acid groups (broad SMARTS) is 2. The van der Waals surface area contributed by atoms with E-state index in [0.717, 1.165) is 16.7 Å². The van der Waals surface area contributed by atoms with Crippen LogP contribution in [0.3, 0.4) is 0 Å². The molecule has 1 aliphatic heterocycles. The van der Waals surface area contributed by atoms with E-state index < -0.39 is 36.1 Å². The van der Waals surface area contributed by atoms with Crippen molar-refractivity contribution in [3.63, 3.8) is 0 Å². The van der Waals surface area contributed by atoms with Gasteiger partial charge in [0, 0.05) is 0 Å². The molecule has 1 atom stereocenters. The van der Waals surface area contributed by atoms with Crippen molar-refractivity contribution < 1.29 is 29.0 Å². The summed E-state index contributed by atoms with van der Waals surface area (Å²) in [6.07, 6.45) is 0.685. The quantitative estimate of drug-likeness (QED) is 0.616. The summed E-state index contributed by atoms with van der Waals surface area (Å²) in [6, 6.07) is 3.77. The van der Waals surface area contributed by atoms with Gasteiger partial charge in [-0.1, -0.05) is 36.1 Å². The topological polar surface area (TPSA) is 94.9 Å². The molecule has 1 amide bonds. The molecule has 0 aromatic heterocycles. The maximum absolute atomic E-state index is 12.9. The number of hydrogen-bond acceptors (Lipinski definition) is 5. The Morgan fingerprint density at radius 2 is 1.91 bits per heavy atom. The zero-order valence-electron chi connectivity index (χ0n) is 11.4. The van der Waals surface area contributed by atoms with E-state index in [4.69, 9.17) is 22.4 Å². The number of thiocarbonyl (C=S) groups is 1. The molecule has 1 saturated heterocycles. The summed E-state index contributed by atoms with van der Waals surface area (Å²) in [5.41, 5.74) is 0.539. The van der Waals surface area contributed by atoms with Gasteiger partial charge in [0.2, 0.25) is 0 Å². The number of hydrogen-bond donors (Lipinski definition) is 2. The van der Waals surface area contributed by atoms with Crippen molar-refractivity contribution in [1.82, 2.24) is 4.90 Å². The molecule has 1 aromatic rings. The maximum atomic E-state index is 12.9. The molecule has 0 unspecified atom stereocenters. The molecule has 1 aromatic carbocycles. The second-order valence-electron chi connectivity index (χ2n) is 4.56. The van der Waals surface area contributed by atoms with Gasteiger partial charge in [0.25, 0.3) is 5.91 Å². The summed E-state index contributed by atoms with van der Waals surface area (Å²) >= 11 is 5.86. The van der Waals surface area contributed by atoms with Gasteiger partial charge in [-0.05, 0) is 23.8 Å². The standard InChI is InChI=1S/C14H10FNO5S2/c15-8-3-1-7(2-4-8)5-10-12(19)16(14(22)23-10)9(13(20)21)6-11(17)18/h1-5,9H,6H2,(H,17,18)(H,20,21)/b10-5-/t9-/m1/s1. The van der Waals surface area contributed by atoms with Gasteiger partial charge in [-0.2, -0.15) is 0 Å². The van der Waals surface area contributed by atoms with Crippen LogP contribution in [0.4, 0.5) is 4.39 Å². The van der Waals surface area contributed by atoms with Crippen LogP contribution in [0.15, 0.2) is 29.2 Å². The first-order chi connectivity index (χ1) is 10.8. The lowest BCUT2D eigenvalue weighted by atomic mass is 10.1. The molecule has 6 nitrogen and oxygen atoms in total. The van der Waals surface area contributed by atoms with Crippen molar-refractivity contribution >= 4 is 52.2 Å². The van der Waals surface area contributed by atoms with Crippen molar-refractivity contribution in [2.75, 3.05) is 0 Å². The van der Waals surface area contributed by atoms with E-state index in [1.165, 1.54) is 30.3 Å². The number of carboxylic acids is 2. The van der Waals surface area contributed by atoms with Crippen LogP contribution in [0.1, 0.15) is 12.0 Å². The highest BCUT2D eigenvalue weighted by atomic mass is 32.2. The van der Waals surface area contributed by atoms with Crippen molar-refractivity contribution in [3.05, 3.63) is 40.6 Å². The Kier molecular flexibility index (Phi) is 5.12. The van der Waals surface area contributed by atoms with Crippen molar-refractivity contribution in [2.45, 2.75) is 12.5 Å². The number of carbonyl (C=O) groups excluding carboxylic acids is 1. The van der Waals surface area contributed by atoms with E-state index in [-0.39, 0.29) is 9.23 Å². The number of halogens is 1. The SMILES string of the molecule is O=C(O)C[C@H](C(=O)O)N1C(=O)/C(=C/c2ccc(F)cc2)SC1=S. The van der Waals surface area contributed by atoms with Crippen molar-refractivity contribution in [1.29, 1.82) is 0 Å². The molecule has 120 valence electrons. The molecule has 2 N–H and O–H groups in total. The predicted octanol–water partition coefficient (Wildman–Crippen LogP) is 1.95. The molecule has 23 heavy (non-hydrogen) atoms. The summed E-state index contributed by atoms with van der Waals surface area (Å²) in [5.74, 6) is -3.92. The highest BCUT2D eigenvalue weighted by Gasteiger charge is 2.41. The van der Waals surface area contributed by atoms with Crippen LogP contribution < -0.4 is 0 Å². The van der Waals surface area contributed by atoms with Crippen LogP contribution >= 0.6 is 24.0 Å². The average Bonchev–Trinajstić information content (AvgIpc) is 2.73. The Morgan fingerprint density at radius 1 is 1.30 bits per heavy atom. The van der Waals surface area contributed by atoms with Crippen LogP contribution in [0.5, 0.6) is 0 Å². The van der Waals surface area contributed by atoms with Gasteiger partial charge in [-0.15, -0.1) is 0 Å². The van der Waals surface area contributed by atoms with Crippen molar-refractivity contribution in [2.24, 2.45) is 0 Å². The first-order valence-corrected chi connectivity index (χ1v) is 7.49. The molecule has 2 rings (SSSR count). The number of benzene rings is 1. The second-order valence-corrected chi connectivity index (χ2v) is 6.23. The molecular weight excluding hydrogens is 345 g/mol. The summed E-state index contributed by atoms with van der Waals surface area (Å²) in [4.78, 5) is 35.3. The summed E-state index contributed by atoms with van der Waals surface area (Å²) in [6.45, 7) is 0. The second kappa shape index (κ2) is 6.88. The largest absolute Gasteiger partial charge is 0.481 e. The van der Waals surface area contributed by atoms with Crippen LogP contribution in [0, 0.1) is 5.82 Å². The number of amides is 1. The number of rotatable bonds is 5. The fourth-order valence-corrected chi connectivity index (χ4v) is 3.27. The third-order valence-electron chi connectivity index (χ3n) is 2.96. The van der Waals surface area contributed by atoms with E-state index in [0.29, 0.717) is 5.56 Å². The minimum atomic E-state index is -1.57. The summed E-state index contributed by atoms with van der Waals surface area (Å²) in [5, 5.41) is 17.9. The molecule has 0 aliphatic carbocycles. The molecule has 9 heteroatoms. The molecule has 0 radical (unpaired) electrons. The molecule has 0 bridgehead atoms. The Bertz CT molecular complexity index is 716. The van der Waals surface area contributed by atoms with E-state index >= 15 is 0 Å². The highest BCUT2D eigenvalue weighted by Crippen LogP contribution is 2.34. The van der Waals surface area contributed by atoms with Gasteiger partial charge in [-0.3, -0.25) is 14.5 Å². The third kappa shape index (κ3) is 3.93. The molecule has 0 spiro atoms. The zero-order valence-corrected chi connectivity index (χ0v) is 13.1. The molecule has 1 heterocycles. The van der Waals surface area contributed by atoms with E-state index in [9.17, 15) is 18.8 Å². The van der Waals surface area contributed by atoms with Gasteiger partial charge in [0.05, 0.1) is 11.3 Å². The van der Waals surface area contributed by atoms with Crippen LogP contribution in [0.25, 0.3) is 6.08 Å². The smallest absolute Gasteiger partial charge is 0.327 e. The molecular formula is C14H10FNO5S2. The first kappa shape index (κ1) is 17.1. The minimum Gasteiger partial charge on any atom is -0.481 e. The zero-order chi connectivity index (χ0) is 17.1. The molecule has 0 saturated carbocycles. The maximum Gasteiger partial charge on any atom is 0.327 e. The summed E-state index contributed by atoms with van der Waals surface area (Å²) in [7, 11) is 0. The Morgan fingerprint density at radius 3 is 2.43 bits per heavy atom. The van der Waals surface area contributed by atoms with Gasteiger partial charge in [-0.25, -0.2) is 9.18 Å². The lowest BCUT2D eigenvalue weighted by Crippen LogP contribution is -2.45. The Balaban J connectivity index is 2.30. The Hall–Kier alpha value is -2.26. The van der Waals surface area contributed by atoms with E-state index in [1.807, 2.05) is 0 Å². The normalized spacial score (nSPS) is 17.6. The van der Waals surface area contributed by atoms with Crippen LogP contribution in [-0.2, 0) is 14.4 Å². The highest BCUT2D eigenvalue weighted by molar-refractivity contribution is 8.26. The van der Waals surface area contributed by atoms with Crippen LogP contribution in [-0.4, -0.2) is 43.3 Å². The van der Waals surface area contributed by atoms with Gasteiger partial charge in [0.15, 0.2) is 0 Å². The van der Waals surface area contributed by atoms with E-state index in [1.54, 1.807) is 0 Å². The fourth-order valence-electron chi connectivity index (χ4n) is 1.91. The number of carbonyl (C=O) groups is 3. The molecule has 1 aliphatic rings.